The van der Waals surface area contributed by atoms with E-state index in [1.165, 1.54) is 0 Å². The van der Waals surface area contributed by atoms with Gasteiger partial charge in [-0.3, -0.25) is 0 Å². The number of carbonyl (C=O) groups excluding carboxylic acids is 2. The number of hydrogen-bond acceptors (Lipinski definition) is 12. The summed E-state index contributed by atoms with van der Waals surface area (Å²) in [4.78, 5) is 27.0. The van der Waals surface area contributed by atoms with Crippen LogP contribution in [0.4, 0.5) is 0 Å². The molecule has 5 aromatic rings. The normalized spacial score (nSPS) is 25.7. The van der Waals surface area contributed by atoms with E-state index >= 15 is 0 Å². The molecule has 2 aliphatic rings. The molecule has 12 heteroatoms. The highest BCUT2D eigenvalue weighted by Crippen LogP contribution is 2.33. The van der Waals surface area contributed by atoms with Crippen molar-refractivity contribution in [1.82, 2.24) is 0 Å². The van der Waals surface area contributed by atoms with Crippen LogP contribution in [0.3, 0.4) is 0 Å². The summed E-state index contributed by atoms with van der Waals surface area (Å²) in [6.07, 6.45) is -11.4. The van der Waals surface area contributed by atoms with Crippen LogP contribution in [0, 0.1) is 0 Å². The smallest absolute Gasteiger partial charge is 0.338 e. The third-order valence-electron chi connectivity index (χ3n) is 9.80. The lowest BCUT2D eigenvalue weighted by Crippen LogP contribution is -2.64. The number of rotatable bonds is 16. The van der Waals surface area contributed by atoms with Crippen LogP contribution in [-0.4, -0.2) is 90.7 Å². The molecule has 0 saturated carbocycles. The van der Waals surface area contributed by atoms with Crippen molar-refractivity contribution >= 4 is 11.9 Å². The Hall–Kier alpha value is -5.28. The van der Waals surface area contributed by atoms with Crippen molar-refractivity contribution in [3.8, 4) is 0 Å². The third-order valence-corrected chi connectivity index (χ3v) is 9.80. The van der Waals surface area contributed by atoms with E-state index in [0.29, 0.717) is 0 Å². The predicted octanol–water partition coefficient (Wildman–Crippen LogP) is 5.64. The number of hydrogen-bond donors (Lipinski definition) is 2. The minimum atomic E-state index is -1.68. The summed E-state index contributed by atoms with van der Waals surface area (Å²) in [5, 5.41) is 23.0. The Labute approximate surface area is 336 Å². The second kappa shape index (κ2) is 20.4. The van der Waals surface area contributed by atoms with Gasteiger partial charge in [0.25, 0.3) is 0 Å². The molecular formula is C46H46O12. The van der Waals surface area contributed by atoms with Gasteiger partial charge < -0.3 is 48.1 Å². The fourth-order valence-corrected chi connectivity index (χ4v) is 6.75. The molecule has 0 unspecified atom stereocenters. The van der Waals surface area contributed by atoms with E-state index in [0.717, 1.165) is 16.7 Å². The van der Waals surface area contributed by atoms with Gasteiger partial charge in [0, 0.05) is 0 Å². The number of aliphatic hydroxyl groups excluding tert-OH is 2. The molecular weight excluding hydrogens is 744 g/mol. The first kappa shape index (κ1) is 40.9. The van der Waals surface area contributed by atoms with Crippen LogP contribution in [0.1, 0.15) is 37.4 Å². The van der Waals surface area contributed by atoms with E-state index in [9.17, 15) is 19.8 Å². The van der Waals surface area contributed by atoms with Gasteiger partial charge in [-0.15, -0.1) is 0 Å². The van der Waals surface area contributed by atoms with Crippen molar-refractivity contribution in [3.63, 3.8) is 0 Å². The molecule has 58 heavy (non-hydrogen) atoms. The van der Waals surface area contributed by atoms with Gasteiger partial charge >= 0.3 is 11.9 Å². The van der Waals surface area contributed by atoms with E-state index in [-0.39, 0.29) is 44.2 Å². The Morgan fingerprint density at radius 1 is 0.552 bits per heavy atom. The van der Waals surface area contributed by atoms with Crippen molar-refractivity contribution < 1.29 is 57.7 Å². The van der Waals surface area contributed by atoms with Gasteiger partial charge in [0.1, 0.15) is 30.5 Å². The standard InChI is InChI=1S/C46H46O12/c47-38-36(29-51-26-31-16-6-1-7-17-31)55-46(42(53-28-33-20-10-3-11-21-33)40(38)52-27-32-18-8-2-9-19-32)56-37-30-54-45(50)41(58-44(49)35-24-14-5-15-25-35)39(37)57-43(48)34-22-12-4-13-23-34/h1-25,36-42,45-47,50H,26-30H2/t36-,37-,38-,39+,40+,41-,42+,45-,46+/m1/s1. The maximum Gasteiger partial charge on any atom is 0.338 e. The van der Waals surface area contributed by atoms with E-state index in [2.05, 4.69) is 0 Å². The quantitative estimate of drug-likeness (QED) is 0.119. The van der Waals surface area contributed by atoms with Crippen LogP contribution in [-0.2, 0) is 57.7 Å². The highest BCUT2D eigenvalue weighted by Gasteiger charge is 2.52. The number of ether oxygens (including phenoxy) is 8. The summed E-state index contributed by atoms with van der Waals surface area (Å²) in [5.41, 5.74) is 3.07. The average molecular weight is 791 g/mol. The Bertz CT molecular complexity index is 1990. The first-order valence-corrected chi connectivity index (χ1v) is 19.2. The first-order valence-electron chi connectivity index (χ1n) is 19.2. The van der Waals surface area contributed by atoms with Crippen molar-refractivity contribution in [1.29, 1.82) is 0 Å². The number of carbonyl (C=O) groups is 2. The lowest BCUT2D eigenvalue weighted by atomic mass is 9.97. The Balaban J connectivity index is 1.20. The molecule has 9 atom stereocenters. The van der Waals surface area contributed by atoms with Crippen molar-refractivity contribution in [2.24, 2.45) is 0 Å². The zero-order valence-corrected chi connectivity index (χ0v) is 31.6. The second-order valence-electron chi connectivity index (χ2n) is 13.9. The molecule has 7 rings (SSSR count). The molecule has 2 fully saturated rings. The van der Waals surface area contributed by atoms with Crippen LogP contribution in [0.15, 0.2) is 152 Å². The second-order valence-corrected chi connectivity index (χ2v) is 13.9. The zero-order chi connectivity index (χ0) is 40.1. The van der Waals surface area contributed by atoms with E-state index in [4.69, 9.17) is 37.9 Å². The van der Waals surface area contributed by atoms with Gasteiger partial charge in [-0.1, -0.05) is 127 Å². The van der Waals surface area contributed by atoms with Crippen molar-refractivity contribution in [2.45, 2.75) is 75.1 Å². The van der Waals surface area contributed by atoms with E-state index in [1.54, 1.807) is 60.7 Å². The molecule has 2 aliphatic heterocycles. The Kier molecular flexibility index (Phi) is 14.4. The summed E-state index contributed by atoms with van der Waals surface area (Å²) in [5.74, 6) is -1.53. The molecule has 0 bridgehead atoms. The molecule has 2 heterocycles. The minimum Gasteiger partial charge on any atom is -0.452 e. The van der Waals surface area contributed by atoms with Gasteiger partial charge in [-0.05, 0) is 41.0 Å². The number of aliphatic hydroxyl groups is 2. The molecule has 0 aromatic heterocycles. The Morgan fingerprint density at radius 2 is 1.00 bits per heavy atom. The average Bonchev–Trinajstić information content (AvgIpc) is 3.27. The van der Waals surface area contributed by atoms with E-state index in [1.807, 2.05) is 91.0 Å². The lowest BCUT2D eigenvalue weighted by Gasteiger charge is -2.46. The molecule has 12 nitrogen and oxygen atoms in total. The Morgan fingerprint density at radius 3 is 1.52 bits per heavy atom. The molecule has 0 spiro atoms. The van der Waals surface area contributed by atoms with Gasteiger partial charge in [0.15, 0.2) is 24.8 Å². The number of esters is 2. The lowest BCUT2D eigenvalue weighted by molar-refractivity contribution is -0.351. The first-order chi connectivity index (χ1) is 28.4. The maximum atomic E-state index is 13.6. The van der Waals surface area contributed by atoms with Crippen LogP contribution in [0.5, 0.6) is 0 Å². The highest BCUT2D eigenvalue weighted by atomic mass is 16.7. The molecule has 0 aliphatic carbocycles. The van der Waals surface area contributed by atoms with Gasteiger partial charge in [0.05, 0.1) is 44.2 Å². The molecule has 2 N–H and O–H groups in total. The van der Waals surface area contributed by atoms with Gasteiger partial charge in [0.2, 0.25) is 0 Å². The summed E-state index contributed by atoms with van der Waals surface area (Å²) in [6, 6.07) is 45.0. The molecule has 2 saturated heterocycles. The highest BCUT2D eigenvalue weighted by molar-refractivity contribution is 5.90. The van der Waals surface area contributed by atoms with Crippen molar-refractivity contribution in [3.05, 3.63) is 179 Å². The van der Waals surface area contributed by atoms with E-state index < -0.39 is 67.2 Å². The predicted molar refractivity (Wildman–Crippen MR) is 209 cm³/mol. The fraction of sp³-hybridized carbons (Fsp3) is 0.304. The van der Waals surface area contributed by atoms with Gasteiger partial charge in [-0.25, -0.2) is 9.59 Å². The van der Waals surface area contributed by atoms with Crippen LogP contribution >= 0.6 is 0 Å². The largest absolute Gasteiger partial charge is 0.452 e. The summed E-state index contributed by atoms with van der Waals surface area (Å²) >= 11 is 0. The summed E-state index contributed by atoms with van der Waals surface area (Å²) < 4.78 is 49.8. The molecule has 0 amide bonds. The summed E-state index contributed by atoms with van der Waals surface area (Å²) in [6.45, 7) is 0.141. The molecule has 5 aromatic carbocycles. The van der Waals surface area contributed by atoms with Crippen LogP contribution < -0.4 is 0 Å². The molecule has 0 radical (unpaired) electrons. The zero-order valence-electron chi connectivity index (χ0n) is 31.6. The minimum absolute atomic E-state index is 0.0455. The number of benzene rings is 5. The monoisotopic (exact) mass is 790 g/mol. The maximum absolute atomic E-state index is 13.6. The summed E-state index contributed by atoms with van der Waals surface area (Å²) in [7, 11) is 0. The fourth-order valence-electron chi connectivity index (χ4n) is 6.75. The van der Waals surface area contributed by atoms with Crippen LogP contribution in [0.25, 0.3) is 0 Å². The topological polar surface area (TPSA) is 148 Å². The SMILES string of the molecule is O=C(O[C@@H]1[C@@H](OC(=O)c2ccccc2)[C@H](O[C@@H]2O[C@H](COCc3ccccc3)[C@@H](O)[C@H](OCc3ccccc3)[C@@H]2OCc2ccccc2)CO[C@H]1O)c1ccccc1. The third kappa shape index (κ3) is 10.8. The van der Waals surface area contributed by atoms with Gasteiger partial charge in [-0.2, -0.15) is 0 Å². The van der Waals surface area contributed by atoms with Crippen LogP contribution in [0.2, 0.25) is 0 Å². The van der Waals surface area contributed by atoms with Crippen molar-refractivity contribution in [2.75, 3.05) is 13.2 Å². The molecule has 302 valence electrons.